The van der Waals surface area contributed by atoms with Gasteiger partial charge in [-0.2, -0.15) is 0 Å². The Morgan fingerprint density at radius 1 is 1.36 bits per heavy atom. The van der Waals surface area contributed by atoms with Crippen LogP contribution in [0.15, 0.2) is 35.8 Å². The fraction of sp³-hybridized carbons (Fsp3) is 0.312. The highest BCUT2D eigenvalue weighted by molar-refractivity contribution is 7.12. The predicted octanol–water partition coefficient (Wildman–Crippen LogP) is 2.66. The zero-order chi connectivity index (χ0) is 15.1. The zero-order valence-electron chi connectivity index (χ0n) is 12.3. The highest BCUT2D eigenvalue weighted by atomic mass is 32.1. The third-order valence-electron chi connectivity index (χ3n) is 4.24. The van der Waals surface area contributed by atoms with Crippen LogP contribution in [0.5, 0.6) is 0 Å². The molecule has 0 bridgehead atoms. The van der Waals surface area contributed by atoms with Gasteiger partial charge in [0.25, 0.3) is 5.91 Å². The van der Waals surface area contributed by atoms with E-state index in [1.54, 1.807) is 6.20 Å². The standard InChI is InChI=1S/C16H16N4OS/c1-19-14(18-12-4-2-7-17-15(12)19)11-6-8-20(10-11)16(21)13-5-3-9-22-13/h2-5,7,9,11H,6,8,10H2,1H3. The number of carbonyl (C=O) groups is 1. The van der Waals surface area contributed by atoms with Gasteiger partial charge in [-0.25, -0.2) is 9.97 Å². The highest BCUT2D eigenvalue weighted by Crippen LogP contribution is 2.29. The number of aryl methyl sites for hydroxylation is 1. The molecule has 1 amide bonds. The predicted molar refractivity (Wildman–Crippen MR) is 86.1 cm³/mol. The van der Waals surface area contributed by atoms with E-state index >= 15 is 0 Å². The molecule has 1 unspecified atom stereocenters. The van der Waals surface area contributed by atoms with E-state index in [2.05, 4.69) is 9.55 Å². The SMILES string of the molecule is Cn1c(C2CCN(C(=O)c3cccs3)C2)nc2cccnc21. The molecule has 22 heavy (non-hydrogen) atoms. The Morgan fingerprint density at radius 3 is 3.05 bits per heavy atom. The normalized spacial score (nSPS) is 18.2. The summed E-state index contributed by atoms with van der Waals surface area (Å²) in [7, 11) is 2.00. The van der Waals surface area contributed by atoms with Crippen LogP contribution in [0.1, 0.15) is 27.8 Å². The number of likely N-dealkylation sites (tertiary alicyclic amines) is 1. The van der Waals surface area contributed by atoms with E-state index in [1.807, 2.05) is 41.6 Å². The van der Waals surface area contributed by atoms with Gasteiger partial charge in [0.05, 0.1) is 4.88 Å². The molecule has 6 heteroatoms. The van der Waals surface area contributed by atoms with Crippen LogP contribution in [0.3, 0.4) is 0 Å². The molecule has 0 radical (unpaired) electrons. The maximum absolute atomic E-state index is 12.4. The second-order valence-electron chi connectivity index (χ2n) is 5.59. The number of pyridine rings is 1. The van der Waals surface area contributed by atoms with Gasteiger partial charge in [0.15, 0.2) is 5.65 Å². The Bertz CT molecular complexity index is 824. The monoisotopic (exact) mass is 312 g/mol. The molecule has 1 saturated heterocycles. The van der Waals surface area contributed by atoms with Crippen molar-refractivity contribution in [2.24, 2.45) is 7.05 Å². The molecule has 4 heterocycles. The van der Waals surface area contributed by atoms with Crippen LogP contribution in [0.4, 0.5) is 0 Å². The number of imidazole rings is 1. The molecule has 3 aromatic heterocycles. The summed E-state index contributed by atoms with van der Waals surface area (Å²) in [6.07, 6.45) is 2.74. The molecule has 1 aliphatic heterocycles. The number of thiophene rings is 1. The lowest BCUT2D eigenvalue weighted by atomic mass is 10.1. The maximum Gasteiger partial charge on any atom is 0.263 e. The van der Waals surface area contributed by atoms with E-state index in [0.717, 1.165) is 41.4 Å². The number of hydrogen-bond acceptors (Lipinski definition) is 4. The summed E-state index contributed by atoms with van der Waals surface area (Å²) >= 11 is 1.50. The first kappa shape index (κ1) is 13.5. The average Bonchev–Trinajstić information content (AvgIpc) is 3.27. The summed E-state index contributed by atoms with van der Waals surface area (Å²) in [6.45, 7) is 1.52. The van der Waals surface area contributed by atoms with Gasteiger partial charge in [-0.1, -0.05) is 6.07 Å². The van der Waals surface area contributed by atoms with Crippen LogP contribution in [0.2, 0.25) is 0 Å². The molecular formula is C16H16N4OS. The minimum atomic E-state index is 0.134. The summed E-state index contributed by atoms with van der Waals surface area (Å²) in [5, 5.41) is 1.94. The molecule has 5 nitrogen and oxygen atoms in total. The maximum atomic E-state index is 12.4. The van der Waals surface area contributed by atoms with Crippen molar-refractivity contribution in [1.82, 2.24) is 19.4 Å². The molecule has 0 aliphatic carbocycles. The second kappa shape index (κ2) is 5.21. The van der Waals surface area contributed by atoms with Crippen molar-refractivity contribution in [3.05, 3.63) is 46.5 Å². The fourth-order valence-corrected chi connectivity index (χ4v) is 3.81. The largest absolute Gasteiger partial charge is 0.337 e. The van der Waals surface area contributed by atoms with Crippen molar-refractivity contribution in [1.29, 1.82) is 0 Å². The van der Waals surface area contributed by atoms with Gasteiger partial charge in [0.1, 0.15) is 11.3 Å². The Kier molecular flexibility index (Phi) is 3.18. The molecule has 0 spiro atoms. The highest BCUT2D eigenvalue weighted by Gasteiger charge is 2.31. The number of amides is 1. The molecule has 0 N–H and O–H groups in total. The number of aromatic nitrogens is 3. The second-order valence-corrected chi connectivity index (χ2v) is 6.54. The lowest BCUT2D eigenvalue weighted by Gasteiger charge is -2.15. The van der Waals surface area contributed by atoms with E-state index in [-0.39, 0.29) is 11.8 Å². The molecule has 112 valence electrons. The Labute approximate surface area is 132 Å². The first-order valence-electron chi connectivity index (χ1n) is 7.34. The van der Waals surface area contributed by atoms with Crippen molar-refractivity contribution in [3.63, 3.8) is 0 Å². The van der Waals surface area contributed by atoms with Crippen LogP contribution in [-0.4, -0.2) is 38.4 Å². The summed E-state index contributed by atoms with van der Waals surface area (Å²) in [5.41, 5.74) is 1.82. The average molecular weight is 312 g/mol. The van der Waals surface area contributed by atoms with E-state index in [1.165, 1.54) is 11.3 Å². The van der Waals surface area contributed by atoms with Crippen LogP contribution in [-0.2, 0) is 7.05 Å². The zero-order valence-corrected chi connectivity index (χ0v) is 13.1. The van der Waals surface area contributed by atoms with Crippen LogP contribution >= 0.6 is 11.3 Å². The van der Waals surface area contributed by atoms with E-state index in [0.29, 0.717) is 0 Å². The third-order valence-corrected chi connectivity index (χ3v) is 5.09. The first-order chi connectivity index (χ1) is 10.7. The van der Waals surface area contributed by atoms with Gasteiger partial charge in [-0.05, 0) is 30.0 Å². The van der Waals surface area contributed by atoms with Crippen LogP contribution < -0.4 is 0 Å². The van der Waals surface area contributed by atoms with E-state index in [9.17, 15) is 4.79 Å². The molecule has 0 saturated carbocycles. The van der Waals surface area contributed by atoms with Crippen LogP contribution in [0.25, 0.3) is 11.2 Å². The van der Waals surface area contributed by atoms with Crippen molar-refractivity contribution in [2.45, 2.75) is 12.3 Å². The van der Waals surface area contributed by atoms with Crippen molar-refractivity contribution >= 4 is 28.4 Å². The number of rotatable bonds is 2. The van der Waals surface area contributed by atoms with Gasteiger partial charge in [0.2, 0.25) is 0 Å². The Hall–Kier alpha value is -2.21. The summed E-state index contributed by atoms with van der Waals surface area (Å²) in [6, 6.07) is 7.69. The lowest BCUT2D eigenvalue weighted by molar-refractivity contribution is 0.0795. The summed E-state index contributed by atoms with van der Waals surface area (Å²) < 4.78 is 2.05. The number of carbonyl (C=O) groups excluding carboxylic acids is 1. The molecule has 3 aromatic rings. The van der Waals surface area contributed by atoms with Crippen molar-refractivity contribution in [3.8, 4) is 0 Å². The first-order valence-corrected chi connectivity index (χ1v) is 8.22. The number of hydrogen-bond donors (Lipinski definition) is 0. The Balaban J connectivity index is 1.59. The minimum absolute atomic E-state index is 0.134. The van der Waals surface area contributed by atoms with Gasteiger partial charge in [0, 0.05) is 32.3 Å². The fourth-order valence-electron chi connectivity index (χ4n) is 3.12. The quantitative estimate of drug-likeness (QED) is 0.731. The van der Waals surface area contributed by atoms with Crippen molar-refractivity contribution in [2.75, 3.05) is 13.1 Å². The molecule has 0 aromatic carbocycles. The van der Waals surface area contributed by atoms with E-state index < -0.39 is 0 Å². The lowest BCUT2D eigenvalue weighted by Crippen LogP contribution is -2.28. The Morgan fingerprint density at radius 2 is 2.27 bits per heavy atom. The molecule has 1 atom stereocenters. The van der Waals surface area contributed by atoms with Gasteiger partial charge in [-0.3, -0.25) is 4.79 Å². The minimum Gasteiger partial charge on any atom is -0.337 e. The number of nitrogens with zero attached hydrogens (tertiary/aromatic N) is 4. The topological polar surface area (TPSA) is 51.0 Å². The molecule has 1 fully saturated rings. The summed E-state index contributed by atoms with van der Waals surface area (Å²) in [4.78, 5) is 24.3. The third kappa shape index (κ3) is 2.11. The number of fused-ring (bicyclic) bond motifs is 1. The van der Waals surface area contributed by atoms with Crippen LogP contribution in [0, 0.1) is 0 Å². The van der Waals surface area contributed by atoms with Gasteiger partial charge in [-0.15, -0.1) is 11.3 Å². The van der Waals surface area contributed by atoms with Crippen molar-refractivity contribution < 1.29 is 4.79 Å². The van der Waals surface area contributed by atoms with Gasteiger partial charge >= 0.3 is 0 Å². The molecule has 4 rings (SSSR count). The van der Waals surface area contributed by atoms with Gasteiger partial charge < -0.3 is 9.47 Å². The van der Waals surface area contributed by atoms with E-state index in [4.69, 9.17) is 4.98 Å². The smallest absolute Gasteiger partial charge is 0.263 e. The summed E-state index contributed by atoms with van der Waals surface area (Å²) in [5.74, 6) is 1.44. The molecule has 1 aliphatic rings. The molecular weight excluding hydrogens is 296 g/mol.